The van der Waals surface area contributed by atoms with Gasteiger partial charge in [0.15, 0.2) is 0 Å². The van der Waals surface area contributed by atoms with E-state index < -0.39 is 0 Å². The van der Waals surface area contributed by atoms with Crippen LogP contribution >= 0.6 is 11.3 Å². The molecule has 7 heteroatoms. The molecule has 1 unspecified atom stereocenters. The predicted molar refractivity (Wildman–Crippen MR) is 82.2 cm³/mol. The lowest BCUT2D eigenvalue weighted by Gasteiger charge is -2.33. The fraction of sp³-hybridized carbons (Fsp3) is 0.538. The molecule has 108 valence electrons. The maximum atomic E-state index is 5.49. The third kappa shape index (κ3) is 2.44. The highest BCUT2D eigenvalue weighted by Crippen LogP contribution is 2.33. The van der Waals surface area contributed by atoms with E-state index in [2.05, 4.69) is 33.3 Å². The van der Waals surface area contributed by atoms with Crippen molar-refractivity contribution in [3.05, 3.63) is 10.9 Å². The average molecular weight is 293 g/mol. The molecule has 6 nitrogen and oxygen atoms in total. The Hall–Kier alpha value is -1.44. The molecule has 0 saturated carbocycles. The summed E-state index contributed by atoms with van der Waals surface area (Å²) in [5.41, 5.74) is 2.56. The van der Waals surface area contributed by atoms with Crippen molar-refractivity contribution in [1.29, 1.82) is 0 Å². The minimum Gasteiger partial charge on any atom is -0.380 e. The average Bonchev–Trinajstić information content (AvgIpc) is 2.86. The first kappa shape index (κ1) is 13.5. The van der Waals surface area contributed by atoms with Gasteiger partial charge in [-0.2, -0.15) is 4.98 Å². The van der Waals surface area contributed by atoms with Crippen LogP contribution in [-0.2, 0) is 4.74 Å². The molecule has 0 spiro atoms. The number of ether oxygens (including phenoxy) is 1. The van der Waals surface area contributed by atoms with Gasteiger partial charge in [0.25, 0.3) is 0 Å². The molecule has 0 bridgehead atoms. The van der Waals surface area contributed by atoms with Crippen LogP contribution in [0.5, 0.6) is 0 Å². The fourth-order valence-corrected chi connectivity index (χ4v) is 3.53. The van der Waals surface area contributed by atoms with E-state index in [1.807, 2.05) is 0 Å². The summed E-state index contributed by atoms with van der Waals surface area (Å²) in [4.78, 5) is 13.4. The molecule has 0 aliphatic carbocycles. The number of nitrogen functional groups attached to an aromatic ring is 1. The van der Waals surface area contributed by atoms with E-state index in [-0.39, 0.29) is 6.10 Å². The highest BCUT2D eigenvalue weighted by molar-refractivity contribution is 7.18. The van der Waals surface area contributed by atoms with E-state index in [4.69, 9.17) is 10.6 Å². The van der Waals surface area contributed by atoms with Crippen molar-refractivity contribution in [2.24, 2.45) is 5.84 Å². The van der Waals surface area contributed by atoms with E-state index in [1.165, 1.54) is 4.88 Å². The SMILES string of the molecule is COC1CCCN(c2nc(NN)nc3sc(C)cc23)C1. The summed E-state index contributed by atoms with van der Waals surface area (Å²) in [7, 11) is 1.77. The molecule has 3 rings (SSSR count). The van der Waals surface area contributed by atoms with Crippen molar-refractivity contribution in [1.82, 2.24) is 9.97 Å². The zero-order valence-electron chi connectivity index (χ0n) is 11.7. The zero-order chi connectivity index (χ0) is 14.1. The number of hydrogen-bond acceptors (Lipinski definition) is 7. The van der Waals surface area contributed by atoms with Crippen LogP contribution in [0.15, 0.2) is 6.07 Å². The van der Waals surface area contributed by atoms with Gasteiger partial charge in [0.2, 0.25) is 5.95 Å². The first-order chi connectivity index (χ1) is 9.71. The van der Waals surface area contributed by atoms with Crippen molar-refractivity contribution in [2.75, 3.05) is 30.5 Å². The number of hydrazine groups is 1. The lowest BCUT2D eigenvalue weighted by Crippen LogP contribution is -2.39. The van der Waals surface area contributed by atoms with Gasteiger partial charge in [-0.15, -0.1) is 11.3 Å². The van der Waals surface area contributed by atoms with Crippen molar-refractivity contribution in [3.63, 3.8) is 0 Å². The lowest BCUT2D eigenvalue weighted by atomic mass is 10.1. The summed E-state index contributed by atoms with van der Waals surface area (Å²) in [6, 6.07) is 2.14. The van der Waals surface area contributed by atoms with Crippen molar-refractivity contribution >= 4 is 33.3 Å². The third-order valence-electron chi connectivity index (χ3n) is 3.64. The molecule has 0 aromatic carbocycles. The van der Waals surface area contributed by atoms with Crippen LogP contribution in [0.25, 0.3) is 10.2 Å². The number of thiophene rings is 1. The number of nitrogens with two attached hydrogens (primary N) is 1. The van der Waals surface area contributed by atoms with E-state index in [0.29, 0.717) is 5.95 Å². The van der Waals surface area contributed by atoms with E-state index in [9.17, 15) is 0 Å². The number of rotatable bonds is 3. The number of nitrogens with one attached hydrogen (secondary N) is 1. The standard InChI is InChI=1S/C13H19N5OS/c1-8-6-10-11(15-13(17-14)16-12(10)20-8)18-5-3-4-9(7-18)19-2/h6,9H,3-5,7,14H2,1-2H3,(H,15,16,17). The Bertz CT molecular complexity index is 614. The maximum Gasteiger partial charge on any atom is 0.240 e. The summed E-state index contributed by atoms with van der Waals surface area (Å²) < 4.78 is 5.49. The van der Waals surface area contributed by atoms with Gasteiger partial charge in [-0.3, -0.25) is 5.43 Å². The van der Waals surface area contributed by atoms with E-state index >= 15 is 0 Å². The molecule has 0 amide bonds. The van der Waals surface area contributed by atoms with Crippen molar-refractivity contribution in [3.8, 4) is 0 Å². The smallest absolute Gasteiger partial charge is 0.240 e. The van der Waals surface area contributed by atoms with Crippen molar-refractivity contribution < 1.29 is 4.74 Å². The summed E-state index contributed by atoms with van der Waals surface area (Å²) >= 11 is 1.66. The van der Waals surface area contributed by atoms with Gasteiger partial charge in [-0.1, -0.05) is 0 Å². The van der Waals surface area contributed by atoms with Crippen LogP contribution in [0.1, 0.15) is 17.7 Å². The summed E-state index contributed by atoms with van der Waals surface area (Å²) in [5, 5.41) is 1.10. The van der Waals surface area contributed by atoms with Crippen LogP contribution in [0, 0.1) is 6.92 Å². The Morgan fingerprint density at radius 3 is 3.10 bits per heavy atom. The monoisotopic (exact) mass is 293 g/mol. The molecule has 20 heavy (non-hydrogen) atoms. The topological polar surface area (TPSA) is 76.3 Å². The van der Waals surface area contributed by atoms with Crippen LogP contribution in [0.2, 0.25) is 0 Å². The van der Waals surface area contributed by atoms with Gasteiger partial charge in [-0.05, 0) is 25.8 Å². The third-order valence-corrected chi connectivity index (χ3v) is 4.58. The quantitative estimate of drug-likeness (QED) is 0.665. The predicted octanol–water partition coefficient (Wildman–Crippen LogP) is 1.90. The Balaban J connectivity index is 2.04. The largest absolute Gasteiger partial charge is 0.380 e. The number of fused-ring (bicyclic) bond motifs is 1. The molecule has 1 aliphatic heterocycles. The number of methoxy groups -OCH3 is 1. The Morgan fingerprint density at radius 1 is 1.50 bits per heavy atom. The van der Waals surface area contributed by atoms with E-state index in [1.54, 1.807) is 18.4 Å². The number of piperidine rings is 1. The first-order valence-corrected chi connectivity index (χ1v) is 7.55. The molecule has 2 aromatic heterocycles. The van der Waals surface area contributed by atoms with Gasteiger partial charge >= 0.3 is 0 Å². The molecule has 1 fully saturated rings. The fourth-order valence-electron chi connectivity index (χ4n) is 2.66. The molecule has 1 aliphatic rings. The lowest BCUT2D eigenvalue weighted by molar-refractivity contribution is 0.0892. The van der Waals surface area contributed by atoms with Gasteiger partial charge in [-0.25, -0.2) is 10.8 Å². The zero-order valence-corrected chi connectivity index (χ0v) is 12.5. The maximum absolute atomic E-state index is 5.49. The number of nitrogens with zero attached hydrogens (tertiary/aromatic N) is 3. The molecular formula is C13H19N5OS. The molecule has 3 N–H and O–H groups in total. The Labute approximate surface area is 121 Å². The van der Waals surface area contributed by atoms with Crippen LogP contribution in [0.4, 0.5) is 11.8 Å². The van der Waals surface area contributed by atoms with Gasteiger partial charge in [0.05, 0.1) is 11.5 Å². The molecule has 3 heterocycles. The van der Waals surface area contributed by atoms with Crippen LogP contribution in [0.3, 0.4) is 0 Å². The number of aromatic nitrogens is 2. The summed E-state index contributed by atoms with van der Waals surface area (Å²) in [6.45, 7) is 3.94. The van der Waals surface area contributed by atoms with Crippen molar-refractivity contribution in [2.45, 2.75) is 25.9 Å². The summed E-state index contributed by atoms with van der Waals surface area (Å²) in [6.07, 6.45) is 2.48. The second-order valence-corrected chi connectivity index (χ2v) is 6.27. The normalized spacial score (nSPS) is 19.6. The second-order valence-electron chi connectivity index (χ2n) is 5.04. The molecule has 1 atom stereocenters. The molecular weight excluding hydrogens is 274 g/mol. The first-order valence-electron chi connectivity index (χ1n) is 6.74. The highest BCUT2D eigenvalue weighted by Gasteiger charge is 2.23. The second kappa shape index (κ2) is 5.51. The van der Waals surface area contributed by atoms with Crippen LogP contribution < -0.4 is 16.2 Å². The molecule has 0 radical (unpaired) electrons. The minimum absolute atomic E-state index is 0.266. The van der Waals surface area contributed by atoms with E-state index in [0.717, 1.165) is 42.0 Å². The minimum atomic E-state index is 0.266. The molecule has 2 aromatic rings. The van der Waals surface area contributed by atoms with Gasteiger partial charge in [0, 0.05) is 25.1 Å². The summed E-state index contributed by atoms with van der Waals surface area (Å²) in [5.74, 6) is 6.91. The number of anilines is 2. The number of hydrogen-bond donors (Lipinski definition) is 2. The number of aryl methyl sites for hydroxylation is 1. The Kier molecular flexibility index (Phi) is 3.73. The highest BCUT2D eigenvalue weighted by atomic mass is 32.1. The van der Waals surface area contributed by atoms with Crippen LogP contribution in [-0.4, -0.2) is 36.3 Å². The van der Waals surface area contributed by atoms with Gasteiger partial charge < -0.3 is 9.64 Å². The van der Waals surface area contributed by atoms with Gasteiger partial charge in [0.1, 0.15) is 10.6 Å². The molecule has 1 saturated heterocycles. The Morgan fingerprint density at radius 2 is 2.35 bits per heavy atom.